The van der Waals surface area contributed by atoms with E-state index in [1.165, 1.54) is 5.69 Å². The molecule has 6 bridgehead atoms. The molecule has 1 fully saturated rings. The van der Waals surface area contributed by atoms with Gasteiger partial charge in [-0.3, -0.25) is 4.98 Å². The smallest absolute Gasteiger partial charge is 0.475 e. The molecule has 0 aliphatic carbocycles. The highest BCUT2D eigenvalue weighted by atomic mass is 35.5. The molecule has 0 radical (unpaired) electrons. The van der Waals surface area contributed by atoms with Crippen LogP contribution in [0.2, 0.25) is 5.02 Å². The first-order chi connectivity index (χ1) is 27.8. The van der Waals surface area contributed by atoms with Gasteiger partial charge in [-0.15, -0.1) is 0 Å². The zero-order chi connectivity index (χ0) is 45.0. The van der Waals surface area contributed by atoms with Gasteiger partial charge < -0.3 is 41.1 Å². The van der Waals surface area contributed by atoms with Crippen LogP contribution in [-0.4, -0.2) is 103 Å². The van der Waals surface area contributed by atoms with Crippen molar-refractivity contribution in [3.05, 3.63) is 89.3 Å². The predicted molar refractivity (Wildman–Crippen MR) is 197 cm³/mol. The fourth-order valence-corrected chi connectivity index (χ4v) is 5.23. The Kier molecular flexibility index (Phi) is 16.2. The lowest BCUT2D eigenvalue weighted by Crippen LogP contribution is -2.54. The molecule has 2 aromatic heterocycles. The maximum absolute atomic E-state index is 13.4. The largest absolute Gasteiger partial charge is 0.490 e. The third-order valence-corrected chi connectivity index (χ3v) is 8.09. The molecular weight excluding hydrogens is 851 g/mol. The molecule has 2 amide bonds. The number of rotatable bonds is 2. The predicted octanol–water partition coefficient (Wildman–Crippen LogP) is 7.75. The van der Waals surface area contributed by atoms with E-state index in [9.17, 15) is 44.3 Å². The molecule has 1 unspecified atom stereocenters. The number of halogens is 10. The third-order valence-electron chi connectivity index (χ3n) is 7.82. The first kappa shape index (κ1) is 47.8. The van der Waals surface area contributed by atoms with Gasteiger partial charge >= 0.3 is 42.5 Å². The Balaban J connectivity index is 0.000000377. The Bertz CT molecular complexity index is 2070. The lowest BCUT2D eigenvalue weighted by atomic mass is 10.0. The minimum Gasteiger partial charge on any atom is -0.475 e. The van der Waals surface area contributed by atoms with Crippen molar-refractivity contribution in [3.8, 4) is 0 Å². The van der Waals surface area contributed by atoms with E-state index in [2.05, 4.69) is 54.9 Å². The summed E-state index contributed by atoms with van der Waals surface area (Å²) >= 11 is 6.39. The molecule has 2 aliphatic heterocycles. The lowest BCUT2D eigenvalue weighted by molar-refractivity contribution is -0.193. The van der Waals surface area contributed by atoms with Crippen LogP contribution in [0.1, 0.15) is 18.1 Å². The molecule has 60 heavy (non-hydrogen) atoms. The van der Waals surface area contributed by atoms with Crippen LogP contribution in [0, 0.1) is 0 Å². The molecule has 25 heteroatoms. The number of aromatic nitrogens is 3. The number of carbonyl (C=O) groups is 4. The van der Waals surface area contributed by atoms with E-state index in [4.69, 9.17) is 41.3 Å². The minimum atomic E-state index is -5.08. The molecule has 324 valence electrons. The van der Waals surface area contributed by atoms with Gasteiger partial charge in [0.2, 0.25) is 5.95 Å². The zero-order valence-corrected chi connectivity index (χ0v) is 31.3. The van der Waals surface area contributed by atoms with Gasteiger partial charge in [-0.1, -0.05) is 29.8 Å². The van der Waals surface area contributed by atoms with E-state index in [0.717, 1.165) is 41.2 Å². The van der Waals surface area contributed by atoms with E-state index in [1.807, 2.05) is 53.6 Å². The van der Waals surface area contributed by atoms with Gasteiger partial charge in [0.15, 0.2) is 5.82 Å². The number of aliphatic carboxylic acids is 3. The minimum absolute atomic E-state index is 0.0919. The fourth-order valence-electron chi connectivity index (χ4n) is 5.09. The highest BCUT2D eigenvalue weighted by Crippen LogP contribution is 2.30. The van der Waals surface area contributed by atoms with Crippen LogP contribution in [0.25, 0.3) is 0 Å². The number of anilines is 6. The molecule has 4 aromatic rings. The number of nitrogens with one attached hydrogen (secondary N) is 3. The number of piperazine rings is 1. The van der Waals surface area contributed by atoms with E-state index < -0.39 is 36.4 Å². The maximum Gasteiger partial charge on any atom is 0.490 e. The number of urea groups is 1. The van der Waals surface area contributed by atoms with Crippen molar-refractivity contribution in [3.63, 3.8) is 0 Å². The number of aryl methyl sites for hydroxylation is 2. The second-order valence-corrected chi connectivity index (χ2v) is 12.7. The molecule has 2 aliphatic rings. The van der Waals surface area contributed by atoms with Crippen LogP contribution >= 0.6 is 11.6 Å². The number of amides is 2. The number of hydrogen-bond acceptors (Lipinski definition) is 10. The van der Waals surface area contributed by atoms with Crippen LogP contribution in [-0.2, 0) is 27.2 Å². The quantitative estimate of drug-likeness (QED) is 0.107. The second kappa shape index (κ2) is 20.4. The number of benzene rings is 2. The van der Waals surface area contributed by atoms with E-state index in [1.54, 1.807) is 12.4 Å². The van der Waals surface area contributed by atoms with E-state index in [-0.39, 0.29) is 12.1 Å². The van der Waals surface area contributed by atoms with Gasteiger partial charge in [-0.2, -0.15) is 44.5 Å². The molecule has 1 saturated heterocycles. The van der Waals surface area contributed by atoms with Crippen molar-refractivity contribution in [2.75, 3.05) is 40.5 Å². The first-order valence-corrected chi connectivity index (χ1v) is 17.1. The van der Waals surface area contributed by atoms with Crippen LogP contribution in [0.15, 0.2) is 73.2 Å². The average Bonchev–Trinajstić information content (AvgIpc) is 3.16. The lowest BCUT2D eigenvalue weighted by Gasteiger charge is -2.41. The normalized spacial score (nSPS) is 14.8. The van der Waals surface area contributed by atoms with Gasteiger partial charge in [0.05, 0.1) is 18.1 Å². The topological polar surface area (TPSA) is 210 Å². The summed E-state index contributed by atoms with van der Waals surface area (Å²) in [4.78, 5) is 57.5. The summed E-state index contributed by atoms with van der Waals surface area (Å²) in [6, 6.07) is 18.4. The van der Waals surface area contributed by atoms with Crippen molar-refractivity contribution < 1.29 is 74.0 Å². The summed E-state index contributed by atoms with van der Waals surface area (Å²) in [5.74, 6) is -7.36. The van der Waals surface area contributed by atoms with Crippen LogP contribution < -0.4 is 20.9 Å². The van der Waals surface area contributed by atoms with E-state index in [0.29, 0.717) is 36.3 Å². The zero-order valence-electron chi connectivity index (χ0n) is 30.5. The van der Waals surface area contributed by atoms with Crippen molar-refractivity contribution >= 4 is 70.1 Å². The molecule has 1 atom stereocenters. The van der Waals surface area contributed by atoms with Gasteiger partial charge in [0.25, 0.3) is 0 Å². The van der Waals surface area contributed by atoms with E-state index >= 15 is 0 Å². The Hall–Kier alpha value is -6.59. The number of fused-ring (bicyclic) bond motifs is 6. The van der Waals surface area contributed by atoms with Crippen LogP contribution in [0.3, 0.4) is 0 Å². The SMILES string of the molecule is CC1CN(C(=O)Nc2ccc3cc2CCc2cncc(c2)Nc2ncc(Cl)c(n2)N3)CCN1c1ccccc1.O=C(O)C(F)(F)F.O=C(O)C(F)(F)F.O=C(O)C(F)(F)F. The van der Waals surface area contributed by atoms with Gasteiger partial charge in [-0.05, 0) is 67.3 Å². The summed E-state index contributed by atoms with van der Waals surface area (Å²) in [6.45, 7) is 4.24. The van der Waals surface area contributed by atoms with Crippen molar-refractivity contribution in [1.82, 2.24) is 19.9 Å². The monoisotopic (exact) mass is 882 g/mol. The number of carboxylic acids is 3. The Morgan fingerprint density at radius 2 is 1.35 bits per heavy atom. The summed E-state index contributed by atoms with van der Waals surface area (Å²) in [5, 5.41) is 31.5. The summed E-state index contributed by atoms with van der Waals surface area (Å²) in [5.41, 5.74) is 5.66. The summed E-state index contributed by atoms with van der Waals surface area (Å²) in [6.07, 6.45) is -8.64. The fraction of sp³-hybridized carbons (Fsp3) is 0.286. The summed E-state index contributed by atoms with van der Waals surface area (Å²) in [7, 11) is 0. The Morgan fingerprint density at radius 3 is 1.90 bits per heavy atom. The second-order valence-electron chi connectivity index (χ2n) is 12.3. The first-order valence-electron chi connectivity index (χ1n) is 16.8. The Morgan fingerprint density at radius 1 is 0.767 bits per heavy atom. The molecule has 0 saturated carbocycles. The number of hydrogen-bond donors (Lipinski definition) is 6. The van der Waals surface area contributed by atoms with Crippen molar-refractivity contribution in [2.24, 2.45) is 0 Å². The number of pyridine rings is 1. The summed E-state index contributed by atoms with van der Waals surface area (Å²) < 4.78 is 95.2. The molecule has 6 rings (SSSR count). The Labute approximate surface area is 337 Å². The number of alkyl halides is 9. The molecule has 2 aromatic carbocycles. The number of carboxylic acid groups (broad SMARTS) is 3. The van der Waals surface area contributed by atoms with Crippen molar-refractivity contribution in [1.29, 1.82) is 0 Å². The third kappa shape index (κ3) is 15.0. The molecule has 15 nitrogen and oxygen atoms in total. The van der Waals surface area contributed by atoms with Gasteiger partial charge in [-0.25, -0.2) is 24.2 Å². The number of carbonyl (C=O) groups excluding carboxylic acids is 1. The highest BCUT2D eigenvalue weighted by molar-refractivity contribution is 6.32. The van der Waals surface area contributed by atoms with Gasteiger partial charge in [0.1, 0.15) is 5.02 Å². The number of para-hydroxylation sites is 1. The molecule has 6 N–H and O–H groups in total. The van der Waals surface area contributed by atoms with Gasteiger partial charge in [0, 0.05) is 48.9 Å². The standard InChI is InChI=1S/C29H29ClN8O.3C2HF3O2/c1-19-18-37(11-12-38(19)24-5-3-2-4-6-24)29(39)35-26-10-9-22-14-21(26)8-7-20-13-23(16-31-15-20)34-28-32-17-25(30)27(33-22)36-28;3*3-2(4,5)1(6)7/h2-6,9-10,13-17,19H,7-8,11-12,18H2,1H3,(H,35,39)(H2,32,33,34,36);3*(H,6,7). The molecular formula is C35H32ClF9N8O7. The molecule has 0 spiro atoms. The average molecular weight is 883 g/mol. The number of nitrogens with zero attached hydrogens (tertiary/aromatic N) is 5. The maximum atomic E-state index is 13.4. The van der Waals surface area contributed by atoms with Crippen LogP contribution in [0.4, 0.5) is 78.8 Å². The highest BCUT2D eigenvalue weighted by Gasteiger charge is 2.39. The van der Waals surface area contributed by atoms with Crippen LogP contribution in [0.5, 0.6) is 0 Å². The molecule has 4 heterocycles. The van der Waals surface area contributed by atoms with Crippen molar-refractivity contribution in [2.45, 2.75) is 44.3 Å².